The van der Waals surface area contributed by atoms with Crippen molar-refractivity contribution in [3.05, 3.63) is 52.2 Å². The van der Waals surface area contributed by atoms with Crippen LogP contribution in [0.4, 0.5) is 10.5 Å². The summed E-state index contributed by atoms with van der Waals surface area (Å²) >= 11 is 1.68. The molecule has 0 bridgehead atoms. The Balaban J connectivity index is 1.47. The highest BCUT2D eigenvalue weighted by atomic mass is 32.1. The SMILES string of the molecule is CN(C)[C@@H](CNC(=O)Nc1ccc(CC(=O)N2CCOCC2)cc1)c1cccs1. The maximum atomic E-state index is 12.3. The summed E-state index contributed by atoms with van der Waals surface area (Å²) in [5, 5.41) is 7.82. The zero-order chi connectivity index (χ0) is 20.6. The summed E-state index contributed by atoms with van der Waals surface area (Å²) in [6.45, 7) is 3.03. The van der Waals surface area contributed by atoms with Gasteiger partial charge in [0.2, 0.25) is 5.91 Å². The first-order chi connectivity index (χ1) is 14.0. The smallest absolute Gasteiger partial charge is 0.319 e. The van der Waals surface area contributed by atoms with Gasteiger partial charge in [0.25, 0.3) is 0 Å². The molecule has 1 fully saturated rings. The number of likely N-dealkylation sites (N-methyl/N-ethyl adjacent to an activating group) is 1. The number of carbonyl (C=O) groups excluding carboxylic acids is 2. The van der Waals surface area contributed by atoms with Crippen molar-refractivity contribution in [1.29, 1.82) is 0 Å². The first kappa shape index (κ1) is 21.3. The lowest BCUT2D eigenvalue weighted by Gasteiger charge is -2.26. The third kappa shape index (κ3) is 6.28. The molecule has 3 amide bonds. The van der Waals surface area contributed by atoms with Crippen LogP contribution in [-0.4, -0.2) is 68.7 Å². The van der Waals surface area contributed by atoms with E-state index >= 15 is 0 Å². The largest absolute Gasteiger partial charge is 0.378 e. The fraction of sp³-hybridized carbons (Fsp3) is 0.429. The van der Waals surface area contributed by atoms with Crippen molar-refractivity contribution in [2.75, 3.05) is 52.3 Å². The quantitative estimate of drug-likeness (QED) is 0.728. The summed E-state index contributed by atoms with van der Waals surface area (Å²) in [7, 11) is 4.00. The van der Waals surface area contributed by atoms with Gasteiger partial charge in [-0.15, -0.1) is 11.3 Å². The van der Waals surface area contributed by atoms with E-state index in [1.54, 1.807) is 11.3 Å². The van der Waals surface area contributed by atoms with Crippen molar-refractivity contribution in [3.8, 4) is 0 Å². The first-order valence-corrected chi connectivity index (χ1v) is 10.6. The van der Waals surface area contributed by atoms with Crippen LogP contribution in [0.25, 0.3) is 0 Å². The minimum Gasteiger partial charge on any atom is -0.378 e. The Labute approximate surface area is 175 Å². The van der Waals surface area contributed by atoms with Gasteiger partial charge in [0, 0.05) is 30.2 Å². The molecular formula is C21H28N4O3S. The molecule has 0 radical (unpaired) electrons. The summed E-state index contributed by atoms with van der Waals surface area (Å²) in [6, 6.07) is 11.4. The molecule has 3 rings (SSSR count). The summed E-state index contributed by atoms with van der Waals surface area (Å²) in [6.07, 6.45) is 0.359. The molecule has 1 atom stereocenters. The average Bonchev–Trinajstić information content (AvgIpc) is 3.24. The van der Waals surface area contributed by atoms with Crippen molar-refractivity contribution < 1.29 is 14.3 Å². The Bertz CT molecular complexity index is 787. The molecule has 1 aromatic carbocycles. The summed E-state index contributed by atoms with van der Waals surface area (Å²) in [5.74, 6) is 0.107. The Hall–Kier alpha value is -2.42. The monoisotopic (exact) mass is 416 g/mol. The van der Waals surface area contributed by atoms with Gasteiger partial charge in [-0.2, -0.15) is 0 Å². The second-order valence-corrected chi connectivity index (χ2v) is 8.18. The maximum absolute atomic E-state index is 12.3. The van der Waals surface area contributed by atoms with Gasteiger partial charge in [-0.05, 0) is 43.2 Å². The van der Waals surface area contributed by atoms with E-state index in [0.29, 0.717) is 45.0 Å². The topological polar surface area (TPSA) is 73.9 Å². The zero-order valence-corrected chi connectivity index (χ0v) is 17.7. The van der Waals surface area contributed by atoms with E-state index in [-0.39, 0.29) is 18.0 Å². The summed E-state index contributed by atoms with van der Waals surface area (Å²) < 4.78 is 5.28. The molecule has 1 aliphatic heterocycles. The Morgan fingerprint density at radius 1 is 1.17 bits per heavy atom. The third-order valence-electron chi connectivity index (χ3n) is 4.88. The number of carbonyl (C=O) groups is 2. The van der Waals surface area contributed by atoms with Crippen LogP contribution < -0.4 is 10.6 Å². The lowest BCUT2D eigenvalue weighted by Crippen LogP contribution is -2.41. The van der Waals surface area contributed by atoms with E-state index in [9.17, 15) is 9.59 Å². The molecule has 7 nitrogen and oxygen atoms in total. The predicted octanol–water partition coefficient (Wildman–Crippen LogP) is 2.57. The van der Waals surface area contributed by atoms with E-state index in [0.717, 1.165) is 5.56 Å². The van der Waals surface area contributed by atoms with E-state index in [1.165, 1.54) is 4.88 Å². The molecule has 8 heteroatoms. The van der Waals surface area contributed by atoms with Gasteiger partial charge < -0.3 is 25.2 Å². The van der Waals surface area contributed by atoms with Crippen LogP contribution in [0, 0.1) is 0 Å². The van der Waals surface area contributed by atoms with Crippen molar-refractivity contribution in [2.24, 2.45) is 0 Å². The number of amides is 3. The number of hydrogen-bond acceptors (Lipinski definition) is 5. The second-order valence-electron chi connectivity index (χ2n) is 7.20. The Morgan fingerprint density at radius 3 is 2.52 bits per heavy atom. The standard InChI is InChI=1S/C21H28N4O3S/c1-24(2)18(19-4-3-13-29-19)15-22-21(27)23-17-7-5-16(6-8-17)14-20(26)25-9-11-28-12-10-25/h3-8,13,18H,9-12,14-15H2,1-2H3,(H2,22,23,27)/t18-/m0/s1. The molecule has 29 heavy (non-hydrogen) atoms. The Morgan fingerprint density at radius 2 is 1.90 bits per heavy atom. The van der Waals surface area contributed by atoms with Crippen molar-refractivity contribution in [1.82, 2.24) is 15.1 Å². The van der Waals surface area contributed by atoms with Crippen LogP contribution in [0.1, 0.15) is 16.5 Å². The minimum absolute atomic E-state index is 0.107. The number of anilines is 1. The van der Waals surface area contributed by atoms with Crippen LogP contribution in [0.15, 0.2) is 41.8 Å². The van der Waals surface area contributed by atoms with Gasteiger partial charge in [0.15, 0.2) is 0 Å². The number of nitrogens with zero attached hydrogens (tertiary/aromatic N) is 2. The van der Waals surface area contributed by atoms with E-state index < -0.39 is 0 Å². The number of benzene rings is 1. The third-order valence-corrected chi connectivity index (χ3v) is 5.86. The van der Waals surface area contributed by atoms with Crippen LogP contribution in [0.3, 0.4) is 0 Å². The van der Waals surface area contributed by atoms with E-state index in [1.807, 2.05) is 54.7 Å². The molecule has 2 heterocycles. The molecule has 0 aliphatic carbocycles. The lowest BCUT2D eigenvalue weighted by molar-refractivity contribution is -0.134. The fourth-order valence-corrected chi connectivity index (χ4v) is 4.11. The number of rotatable bonds is 7. The van der Waals surface area contributed by atoms with Crippen LogP contribution in [-0.2, 0) is 16.0 Å². The zero-order valence-electron chi connectivity index (χ0n) is 16.9. The minimum atomic E-state index is -0.245. The molecule has 156 valence electrons. The average molecular weight is 417 g/mol. The number of ether oxygens (including phenoxy) is 1. The Kier molecular flexibility index (Phi) is 7.62. The van der Waals surface area contributed by atoms with Gasteiger partial charge in [0.05, 0.1) is 25.7 Å². The molecule has 0 unspecified atom stereocenters. The molecule has 1 saturated heterocycles. The molecule has 0 spiro atoms. The second kappa shape index (κ2) is 10.4. The lowest BCUT2D eigenvalue weighted by atomic mass is 10.1. The highest BCUT2D eigenvalue weighted by molar-refractivity contribution is 7.10. The van der Waals surface area contributed by atoms with Gasteiger partial charge in [0.1, 0.15) is 0 Å². The van der Waals surface area contributed by atoms with Gasteiger partial charge >= 0.3 is 6.03 Å². The first-order valence-electron chi connectivity index (χ1n) is 9.72. The fourth-order valence-electron chi connectivity index (χ4n) is 3.19. The highest BCUT2D eigenvalue weighted by Gasteiger charge is 2.18. The van der Waals surface area contributed by atoms with Gasteiger partial charge in [-0.1, -0.05) is 18.2 Å². The normalized spacial score (nSPS) is 15.2. The number of hydrogen-bond donors (Lipinski definition) is 2. The maximum Gasteiger partial charge on any atom is 0.319 e. The molecular weight excluding hydrogens is 388 g/mol. The summed E-state index contributed by atoms with van der Waals surface area (Å²) in [5.41, 5.74) is 1.63. The molecule has 0 saturated carbocycles. The number of thiophene rings is 1. The van der Waals surface area contributed by atoms with Crippen LogP contribution >= 0.6 is 11.3 Å². The number of nitrogens with one attached hydrogen (secondary N) is 2. The summed E-state index contributed by atoms with van der Waals surface area (Å²) in [4.78, 5) is 29.7. The number of urea groups is 1. The van der Waals surface area contributed by atoms with Gasteiger partial charge in [-0.25, -0.2) is 4.79 Å². The van der Waals surface area contributed by atoms with Gasteiger partial charge in [-0.3, -0.25) is 4.79 Å². The van der Waals surface area contributed by atoms with E-state index in [2.05, 4.69) is 21.6 Å². The number of morpholine rings is 1. The van der Waals surface area contributed by atoms with Crippen molar-refractivity contribution >= 4 is 29.0 Å². The molecule has 1 aromatic heterocycles. The van der Waals surface area contributed by atoms with E-state index in [4.69, 9.17) is 4.74 Å². The van der Waals surface area contributed by atoms with Crippen molar-refractivity contribution in [2.45, 2.75) is 12.5 Å². The molecule has 2 aromatic rings. The van der Waals surface area contributed by atoms with Crippen molar-refractivity contribution in [3.63, 3.8) is 0 Å². The molecule has 2 N–H and O–H groups in total. The van der Waals surface area contributed by atoms with Crippen LogP contribution in [0.2, 0.25) is 0 Å². The highest BCUT2D eigenvalue weighted by Crippen LogP contribution is 2.22. The predicted molar refractivity (Wildman–Crippen MR) is 115 cm³/mol. The van der Waals surface area contributed by atoms with Crippen LogP contribution in [0.5, 0.6) is 0 Å². The molecule has 1 aliphatic rings.